The number of carbonyl (C=O) groups excluding carboxylic acids is 1. The van der Waals surface area contributed by atoms with Crippen molar-refractivity contribution in [3.8, 4) is 16.9 Å². The van der Waals surface area contributed by atoms with Gasteiger partial charge in [0.1, 0.15) is 5.75 Å². The fourth-order valence-corrected chi connectivity index (χ4v) is 8.02. The molecule has 4 saturated carbocycles. The lowest BCUT2D eigenvalue weighted by atomic mass is 9.48. The van der Waals surface area contributed by atoms with Crippen molar-refractivity contribution in [1.82, 2.24) is 0 Å². The number of carboxylic acids is 1. The van der Waals surface area contributed by atoms with Gasteiger partial charge in [-0.25, -0.2) is 4.79 Å². The third-order valence-corrected chi connectivity index (χ3v) is 9.42. The molecule has 3 aromatic carbocycles. The SMILES string of the molecule is CCCCC(Oc1cc2ccc(-c3ccc(C(=O)O)cc3)cc2cc1C12CC3CC(CC(C3)C1)C2)C(N)=O. The molecule has 3 N–H and O–H groups in total. The first-order valence-electron chi connectivity index (χ1n) is 14.2. The van der Waals surface area contributed by atoms with Gasteiger partial charge in [-0.2, -0.15) is 0 Å². The van der Waals surface area contributed by atoms with E-state index >= 15 is 0 Å². The zero-order valence-electron chi connectivity index (χ0n) is 22.1. The van der Waals surface area contributed by atoms with Crippen LogP contribution in [0.4, 0.5) is 0 Å². The van der Waals surface area contributed by atoms with E-state index in [0.717, 1.165) is 58.2 Å². The summed E-state index contributed by atoms with van der Waals surface area (Å²) in [6, 6.07) is 17.8. The van der Waals surface area contributed by atoms with E-state index in [0.29, 0.717) is 6.42 Å². The minimum Gasteiger partial charge on any atom is -0.480 e. The maximum atomic E-state index is 12.4. The van der Waals surface area contributed by atoms with Gasteiger partial charge in [-0.05, 0) is 127 Å². The number of nitrogens with two attached hydrogens (primary N) is 1. The average molecular weight is 512 g/mol. The van der Waals surface area contributed by atoms with Crippen molar-refractivity contribution in [2.75, 3.05) is 0 Å². The van der Waals surface area contributed by atoms with Crippen molar-refractivity contribution in [3.63, 3.8) is 0 Å². The highest BCUT2D eigenvalue weighted by atomic mass is 16.5. The van der Waals surface area contributed by atoms with Crippen LogP contribution in [0.3, 0.4) is 0 Å². The van der Waals surface area contributed by atoms with E-state index in [2.05, 4.69) is 37.3 Å². The molecule has 3 aromatic rings. The van der Waals surface area contributed by atoms with Gasteiger partial charge in [0.25, 0.3) is 5.91 Å². The number of carboxylic acid groups (broad SMARTS) is 1. The predicted molar refractivity (Wildman–Crippen MR) is 149 cm³/mol. The molecule has 1 atom stereocenters. The summed E-state index contributed by atoms with van der Waals surface area (Å²) in [6.07, 6.45) is 9.59. The lowest BCUT2D eigenvalue weighted by Gasteiger charge is -2.57. The Balaban J connectivity index is 1.44. The average Bonchev–Trinajstić information content (AvgIpc) is 2.89. The number of hydrogen-bond acceptors (Lipinski definition) is 3. The van der Waals surface area contributed by atoms with Gasteiger partial charge in [0, 0.05) is 5.56 Å². The smallest absolute Gasteiger partial charge is 0.335 e. The summed E-state index contributed by atoms with van der Waals surface area (Å²) in [4.78, 5) is 23.7. The van der Waals surface area contributed by atoms with E-state index < -0.39 is 18.0 Å². The van der Waals surface area contributed by atoms with E-state index in [-0.39, 0.29) is 11.0 Å². The number of amides is 1. The number of benzene rings is 3. The van der Waals surface area contributed by atoms with Crippen molar-refractivity contribution >= 4 is 22.6 Å². The van der Waals surface area contributed by atoms with Crippen molar-refractivity contribution in [2.24, 2.45) is 23.5 Å². The zero-order valence-corrected chi connectivity index (χ0v) is 22.1. The van der Waals surface area contributed by atoms with E-state index in [1.807, 2.05) is 12.1 Å². The minimum atomic E-state index is -0.920. The Morgan fingerprint density at radius 1 is 0.921 bits per heavy atom. The Labute approximate surface area is 224 Å². The van der Waals surface area contributed by atoms with E-state index in [9.17, 15) is 14.7 Å². The molecule has 1 unspecified atom stereocenters. The highest BCUT2D eigenvalue weighted by molar-refractivity contribution is 5.91. The van der Waals surface area contributed by atoms with Crippen LogP contribution in [0.25, 0.3) is 21.9 Å². The molecule has 5 heteroatoms. The first-order chi connectivity index (χ1) is 18.3. The fourth-order valence-electron chi connectivity index (χ4n) is 8.02. The van der Waals surface area contributed by atoms with Gasteiger partial charge in [-0.3, -0.25) is 4.79 Å². The molecule has 5 nitrogen and oxygen atoms in total. The maximum Gasteiger partial charge on any atom is 0.335 e. The highest BCUT2D eigenvalue weighted by Gasteiger charge is 2.52. The fraction of sp³-hybridized carbons (Fsp3) is 0.455. The minimum absolute atomic E-state index is 0.102. The third-order valence-electron chi connectivity index (χ3n) is 9.42. The molecule has 1 amide bonds. The Morgan fingerprint density at radius 3 is 2.13 bits per heavy atom. The van der Waals surface area contributed by atoms with E-state index in [4.69, 9.17) is 10.5 Å². The first-order valence-corrected chi connectivity index (χ1v) is 14.2. The normalized spacial score (nSPS) is 26.4. The van der Waals surface area contributed by atoms with Gasteiger partial charge < -0.3 is 15.6 Å². The van der Waals surface area contributed by atoms with Gasteiger partial charge in [-0.15, -0.1) is 0 Å². The number of carbonyl (C=O) groups is 2. The topological polar surface area (TPSA) is 89.6 Å². The van der Waals surface area contributed by atoms with Crippen LogP contribution in [0, 0.1) is 17.8 Å². The highest BCUT2D eigenvalue weighted by Crippen LogP contribution is 2.62. The molecule has 0 spiro atoms. The summed E-state index contributed by atoms with van der Waals surface area (Å²) < 4.78 is 6.53. The molecule has 0 saturated heterocycles. The molecule has 0 aromatic heterocycles. The molecular weight excluding hydrogens is 474 g/mol. The molecule has 4 aliphatic carbocycles. The van der Waals surface area contributed by atoms with Crippen LogP contribution < -0.4 is 10.5 Å². The van der Waals surface area contributed by atoms with Crippen LogP contribution in [0.15, 0.2) is 54.6 Å². The number of primary amides is 1. The summed E-state index contributed by atoms with van der Waals surface area (Å²) in [7, 11) is 0. The third kappa shape index (κ3) is 4.57. The number of ether oxygens (including phenoxy) is 1. The molecule has 38 heavy (non-hydrogen) atoms. The number of fused-ring (bicyclic) bond motifs is 1. The molecule has 7 rings (SSSR count). The molecule has 198 valence electrons. The largest absolute Gasteiger partial charge is 0.480 e. The summed E-state index contributed by atoms with van der Waals surface area (Å²) >= 11 is 0. The second-order valence-electron chi connectivity index (χ2n) is 12.1. The van der Waals surface area contributed by atoms with Crippen molar-refractivity contribution in [2.45, 2.75) is 76.2 Å². The van der Waals surface area contributed by atoms with Crippen LogP contribution in [-0.2, 0) is 10.2 Å². The summed E-state index contributed by atoms with van der Waals surface area (Å²) in [5, 5.41) is 11.5. The van der Waals surface area contributed by atoms with Gasteiger partial charge in [0.2, 0.25) is 0 Å². The van der Waals surface area contributed by atoms with Crippen molar-refractivity contribution in [3.05, 3.63) is 65.7 Å². The Bertz CT molecular complexity index is 1340. The number of unbranched alkanes of at least 4 members (excludes halogenated alkanes) is 1. The summed E-state index contributed by atoms with van der Waals surface area (Å²) in [6.45, 7) is 2.11. The Kier molecular flexibility index (Phi) is 6.41. The molecule has 4 bridgehead atoms. The van der Waals surface area contributed by atoms with Crippen molar-refractivity contribution < 1.29 is 19.4 Å². The van der Waals surface area contributed by atoms with Gasteiger partial charge in [0.05, 0.1) is 5.56 Å². The molecule has 0 aliphatic heterocycles. The quantitative estimate of drug-likeness (QED) is 0.321. The van der Waals surface area contributed by atoms with Crippen LogP contribution >= 0.6 is 0 Å². The molecule has 4 fully saturated rings. The molecule has 0 radical (unpaired) electrons. The second-order valence-corrected chi connectivity index (χ2v) is 12.1. The van der Waals surface area contributed by atoms with Gasteiger partial charge in [-0.1, -0.05) is 37.6 Å². The monoisotopic (exact) mass is 511 g/mol. The molecular formula is C33H37NO4. The maximum absolute atomic E-state index is 12.4. The van der Waals surface area contributed by atoms with Crippen LogP contribution in [-0.4, -0.2) is 23.1 Å². The summed E-state index contributed by atoms with van der Waals surface area (Å²) in [5.41, 5.74) is 9.49. The van der Waals surface area contributed by atoms with Crippen molar-refractivity contribution in [1.29, 1.82) is 0 Å². The standard InChI is InChI=1S/C33H37NO4/c1-2-3-4-29(31(34)35)38-30-16-26-10-9-25(23-5-7-24(8-6-23)32(36)37)14-27(26)15-28(30)33-17-20-11-21(18-33)13-22(12-20)19-33/h5-10,14-16,20-22,29H,2-4,11-13,17-19H2,1H3,(H2,34,35)(H,36,37). The molecule has 0 heterocycles. The first kappa shape index (κ1) is 25.0. The van der Waals surface area contributed by atoms with Gasteiger partial charge >= 0.3 is 5.97 Å². The number of hydrogen-bond donors (Lipinski definition) is 2. The lowest BCUT2D eigenvalue weighted by Crippen LogP contribution is -2.48. The number of aromatic carboxylic acids is 1. The summed E-state index contributed by atoms with van der Waals surface area (Å²) in [5.74, 6) is 1.88. The predicted octanol–water partition coefficient (Wildman–Crippen LogP) is 7.10. The lowest BCUT2D eigenvalue weighted by molar-refractivity contribution is -0.125. The van der Waals surface area contributed by atoms with Gasteiger partial charge in [0.15, 0.2) is 6.10 Å². The second kappa shape index (κ2) is 9.76. The Morgan fingerprint density at radius 2 is 1.55 bits per heavy atom. The van der Waals surface area contributed by atoms with Crippen LogP contribution in [0.1, 0.15) is 80.6 Å². The van der Waals surface area contributed by atoms with Crippen LogP contribution in [0.2, 0.25) is 0 Å². The molecule has 4 aliphatic rings. The zero-order chi connectivity index (χ0) is 26.4. The van der Waals surface area contributed by atoms with Crippen LogP contribution in [0.5, 0.6) is 5.75 Å². The van der Waals surface area contributed by atoms with E-state index in [1.165, 1.54) is 44.1 Å². The van der Waals surface area contributed by atoms with E-state index in [1.54, 1.807) is 12.1 Å². The number of rotatable bonds is 9. The Hall–Kier alpha value is -3.34.